The molecule has 4 aromatic rings. The third-order valence-corrected chi connectivity index (χ3v) is 6.05. The summed E-state index contributed by atoms with van der Waals surface area (Å²) in [6.45, 7) is 0.155. The summed E-state index contributed by atoms with van der Waals surface area (Å²) in [5.74, 6) is -1.17. The summed E-state index contributed by atoms with van der Waals surface area (Å²) in [5, 5.41) is 2.70. The molecule has 0 aliphatic rings. The fourth-order valence-corrected chi connectivity index (χ4v) is 4.41. The van der Waals surface area contributed by atoms with Gasteiger partial charge in [-0.15, -0.1) is 0 Å². The molecule has 0 saturated heterocycles. The van der Waals surface area contributed by atoms with Crippen molar-refractivity contribution in [3.63, 3.8) is 0 Å². The molecule has 2 N–H and O–H groups in total. The molecular weight excluding hydrogens is 447 g/mol. The largest absolute Gasteiger partial charge is 0.348 e. The van der Waals surface area contributed by atoms with E-state index in [0.717, 1.165) is 10.6 Å². The van der Waals surface area contributed by atoms with E-state index in [1.54, 1.807) is 42.5 Å². The molecule has 0 unspecified atom stereocenters. The maximum atomic E-state index is 13.0. The Kier molecular flexibility index (Phi) is 6.18. The minimum atomic E-state index is -3.86. The van der Waals surface area contributed by atoms with Crippen molar-refractivity contribution < 1.29 is 17.6 Å². The SMILES string of the molecule is O=C(NCc1ccc(F)cc1)c1cccn2c(=O)c(NS(=O)(=O)Cc3ccccc3)cnc12. The number of sulfonamides is 1. The van der Waals surface area contributed by atoms with Crippen molar-refractivity contribution in [1.29, 1.82) is 0 Å². The van der Waals surface area contributed by atoms with Crippen molar-refractivity contribution in [3.8, 4) is 0 Å². The standard InChI is InChI=1S/C23H19FN4O4S/c24-18-10-8-16(9-11-18)13-26-22(29)19-7-4-12-28-21(19)25-14-20(23(28)30)27-33(31,32)15-17-5-2-1-3-6-17/h1-12,14,27H,13,15H2,(H,26,29). The van der Waals surface area contributed by atoms with Gasteiger partial charge in [0.2, 0.25) is 10.0 Å². The van der Waals surface area contributed by atoms with E-state index in [9.17, 15) is 22.4 Å². The molecule has 2 aromatic carbocycles. The van der Waals surface area contributed by atoms with Gasteiger partial charge < -0.3 is 5.32 Å². The highest BCUT2D eigenvalue weighted by Crippen LogP contribution is 2.12. The van der Waals surface area contributed by atoms with Crippen LogP contribution in [0.4, 0.5) is 10.1 Å². The van der Waals surface area contributed by atoms with E-state index in [-0.39, 0.29) is 35.0 Å². The van der Waals surface area contributed by atoms with Gasteiger partial charge in [-0.2, -0.15) is 0 Å². The first-order valence-corrected chi connectivity index (χ1v) is 11.5. The molecule has 0 atom stereocenters. The molecule has 4 rings (SSSR count). The Morgan fingerprint density at radius 3 is 2.42 bits per heavy atom. The molecule has 0 radical (unpaired) electrons. The number of hydrogen-bond acceptors (Lipinski definition) is 5. The number of fused-ring (bicyclic) bond motifs is 1. The second kappa shape index (κ2) is 9.21. The molecule has 33 heavy (non-hydrogen) atoms. The van der Waals surface area contributed by atoms with E-state index < -0.39 is 21.5 Å². The Balaban J connectivity index is 1.56. The summed E-state index contributed by atoms with van der Waals surface area (Å²) >= 11 is 0. The van der Waals surface area contributed by atoms with Gasteiger partial charge in [-0.1, -0.05) is 42.5 Å². The molecule has 0 bridgehead atoms. The van der Waals surface area contributed by atoms with Crippen molar-refractivity contribution in [2.45, 2.75) is 12.3 Å². The maximum Gasteiger partial charge on any atom is 0.282 e. The molecule has 1 amide bonds. The number of carbonyl (C=O) groups excluding carboxylic acids is 1. The fraction of sp³-hybridized carbons (Fsp3) is 0.0870. The quantitative estimate of drug-likeness (QED) is 0.435. The molecule has 10 heteroatoms. The van der Waals surface area contributed by atoms with Crippen LogP contribution in [-0.4, -0.2) is 23.7 Å². The van der Waals surface area contributed by atoms with Crippen LogP contribution in [0.3, 0.4) is 0 Å². The van der Waals surface area contributed by atoms with Crippen LogP contribution in [0.5, 0.6) is 0 Å². The third-order valence-electron chi connectivity index (χ3n) is 4.81. The van der Waals surface area contributed by atoms with Crippen molar-refractivity contribution in [2.75, 3.05) is 4.72 Å². The van der Waals surface area contributed by atoms with Crippen LogP contribution in [0.25, 0.3) is 5.65 Å². The summed E-state index contributed by atoms with van der Waals surface area (Å²) in [6, 6.07) is 17.2. The molecule has 2 heterocycles. The van der Waals surface area contributed by atoms with Gasteiger partial charge in [0.05, 0.1) is 17.5 Å². The van der Waals surface area contributed by atoms with Crippen LogP contribution in [-0.2, 0) is 22.3 Å². The molecule has 0 aliphatic heterocycles. The van der Waals surface area contributed by atoms with Crippen molar-refractivity contribution in [2.24, 2.45) is 0 Å². The van der Waals surface area contributed by atoms with Gasteiger partial charge in [0.1, 0.15) is 11.5 Å². The Morgan fingerprint density at radius 2 is 1.70 bits per heavy atom. The first kappa shape index (κ1) is 22.2. The molecular formula is C23H19FN4O4S. The Hall–Kier alpha value is -4.05. The molecule has 0 spiro atoms. The number of aromatic nitrogens is 2. The zero-order chi connectivity index (χ0) is 23.4. The number of halogens is 1. The molecule has 0 aliphatic carbocycles. The first-order valence-electron chi connectivity index (χ1n) is 9.90. The highest BCUT2D eigenvalue weighted by molar-refractivity contribution is 7.91. The van der Waals surface area contributed by atoms with E-state index in [1.165, 1.54) is 30.5 Å². The highest BCUT2D eigenvalue weighted by atomic mass is 32.2. The van der Waals surface area contributed by atoms with E-state index in [1.807, 2.05) is 0 Å². The Bertz CT molecular complexity index is 1470. The van der Waals surface area contributed by atoms with Gasteiger partial charge in [-0.05, 0) is 35.4 Å². The van der Waals surface area contributed by atoms with Gasteiger partial charge in [-0.3, -0.25) is 18.7 Å². The average Bonchev–Trinajstić information content (AvgIpc) is 2.80. The second-order valence-electron chi connectivity index (χ2n) is 7.25. The van der Waals surface area contributed by atoms with Crippen molar-refractivity contribution in [1.82, 2.24) is 14.7 Å². The van der Waals surface area contributed by atoms with Crippen LogP contribution in [0.1, 0.15) is 21.5 Å². The summed E-state index contributed by atoms with van der Waals surface area (Å²) in [4.78, 5) is 29.7. The van der Waals surface area contributed by atoms with Crippen molar-refractivity contribution >= 4 is 27.3 Å². The van der Waals surface area contributed by atoms with E-state index >= 15 is 0 Å². The van der Waals surface area contributed by atoms with E-state index in [0.29, 0.717) is 11.1 Å². The fourth-order valence-electron chi connectivity index (χ4n) is 3.23. The average molecular weight is 466 g/mol. The molecule has 0 fully saturated rings. The van der Waals surface area contributed by atoms with Gasteiger partial charge >= 0.3 is 0 Å². The van der Waals surface area contributed by atoms with Gasteiger partial charge in [0.15, 0.2) is 5.65 Å². The van der Waals surface area contributed by atoms with Gasteiger partial charge in [0.25, 0.3) is 11.5 Å². The van der Waals surface area contributed by atoms with Crippen LogP contribution < -0.4 is 15.6 Å². The molecule has 0 saturated carbocycles. The predicted octanol–water partition coefficient (Wildman–Crippen LogP) is 2.71. The number of rotatable bonds is 7. The number of amides is 1. The van der Waals surface area contributed by atoms with E-state index in [4.69, 9.17) is 0 Å². The molecule has 168 valence electrons. The summed E-state index contributed by atoms with van der Waals surface area (Å²) in [7, 11) is -3.86. The lowest BCUT2D eigenvalue weighted by molar-refractivity contribution is 0.0952. The zero-order valence-electron chi connectivity index (χ0n) is 17.2. The molecule has 8 nitrogen and oxygen atoms in total. The number of anilines is 1. The lowest BCUT2D eigenvalue weighted by atomic mass is 10.2. The lowest BCUT2D eigenvalue weighted by Crippen LogP contribution is -2.27. The number of nitrogens with one attached hydrogen (secondary N) is 2. The summed E-state index contributed by atoms with van der Waals surface area (Å²) in [5.41, 5.74) is 0.585. The normalized spacial score (nSPS) is 11.3. The van der Waals surface area contributed by atoms with Crippen LogP contribution >= 0.6 is 0 Å². The van der Waals surface area contributed by atoms with Crippen LogP contribution in [0.15, 0.2) is 83.9 Å². The number of carbonyl (C=O) groups is 1. The van der Waals surface area contributed by atoms with Crippen LogP contribution in [0, 0.1) is 5.82 Å². The third kappa shape index (κ3) is 5.24. The minimum Gasteiger partial charge on any atom is -0.348 e. The predicted molar refractivity (Wildman–Crippen MR) is 122 cm³/mol. The lowest BCUT2D eigenvalue weighted by Gasteiger charge is -2.11. The number of pyridine rings is 1. The second-order valence-corrected chi connectivity index (χ2v) is 8.97. The molecule has 2 aromatic heterocycles. The van der Waals surface area contributed by atoms with Gasteiger partial charge in [0, 0.05) is 12.7 Å². The monoisotopic (exact) mass is 466 g/mol. The van der Waals surface area contributed by atoms with E-state index in [2.05, 4.69) is 15.0 Å². The van der Waals surface area contributed by atoms with Crippen LogP contribution in [0.2, 0.25) is 0 Å². The zero-order valence-corrected chi connectivity index (χ0v) is 18.0. The summed E-state index contributed by atoms with van der Waals surface area (Å²) < 4.78 is 41.4. The Labute approximate surface area is 188 Å². The number of hydrogen-bond donors (Lipinski definition) is 2. The topological polar surface area (TPSA) is 110 Å². The maximum absolute atomic E-state index is 13.0. The minimum absolute atomic E-state index is 0.0742. The first-order chi connectivity index (χ1) is 15.8. The summed E-state index contributed by atoms with van der Waals surface area (Å²) in [6.07, 6.45) is 2.49. The van der Waals surface area contributed by atoms with Crippen molar-refractivity contribution in [3.05, 3.63) is 112 Å². The Morgan fingerprint density at radius 1 is 0.970 bits per heavy atom. The van der Waals surface area contributed by atoms with Gasteiger partial charge in [-0.25, -0.2) is 17.8 Å². The highest BCUT2D eigenvalue weighted by Gasteiger charge is 2.17. The smallest absolute Gasteiger partial charge is 0.282 e. The number of nitrogens with zero attached hydrogens (tertiary/aromatic N) is 2. The number of benzene rings is 2.